The minimum atomic E-state index is -3.88. The van der Waals surface area contributed by atoms with E-state index in [-0.39, 0.29) is 11.4 Å². The quantitative estimate of drug-likeness (QED) is 0.616. The number of aryl methyl sites for hydroxylation is 1. The molecule has 7 nitrogen and oxygen atoms in total. The lowest BCUT2D eigenvalue weighted by Crippen LogP contribution is -2.48. The minimum Gasteiger partial charge on any atom is -0.476 e. The van der Waals surface area contributed by atoms with E-state index in [0.717, 1.165) is 11.1 Å². The van der Waals surface area contributed by atoms with E-state index < -0.39 is 22.0 Å². The van der Waals surface area contributed by atoms with Crippen molar-refractivity contribution in [3.05, 3.63) is 83.9 Å². The molecule has 32 heavy (non-hydrogen) atoms. The standard InChI is InChI=1S/C24H24N2O5S/c1-17-11-12-21-22(13-17)31-23(15-26(21)32(28,29)20-9-4-3-5-10-20)24(27)25-19-8-6-7-18(14-19)16-30-2/h3-14,23H,15-16H2,1-2H3,(H,25,27)/t23-/m0/s1. The van der Waals surface area contributed by atoms with Crippen molar-refractivity contribution in [3.63, 3.8) is 0 Å². The average Bonchev–Trinajstić information content (AvgIpc) is 2.79. The molecule has 1 N–H and O–H groups in total. The molecule has 0 saturated carbocycles. The van der Waals surface area contributed by atoms with Crippen LogP contribution in [-0.4, -0.2) is 34.1 Å². The van der Waals surface area contributed by atoms with E-state index in [1.54, 1.807) is 49.6 Å². The van der Waals surface area contributed by atoms with E-state index in [4.69, 9.17) is 9.47 Å². The summed E-state index contributed by atoms with van der Waals surface area (Å²) in [6.07, 6.45) is -1.02. The fraction of sp³-hybridized carbons (Fsp3) is 0.208. The van der Waals surface area contributed by atoms with Crippen molar-refractivity contribution >= 4 is 27.3 Å². The van der Waals surface area contributed by atoms with Gasteiger partial charge in [-0.2, -0.15) is 0 Å². The third-order valence-electron chi connectivity index (χ3n) is 5.11. The summed E-state index contributed by atoms with van der Waals surface area (Å²) in [4.78, 5) is 13.2. The van der Waals surface area contributed by atoms with Gasteiger partial charge in [0.05, 0.1) is 23.7 Å². The van der Waals surface area contributed by atoms with Gasteiger partial charge in [-0.1, -0.05) is 36.4 Å². The molecule has 0 fully saturated rings. The van der Waals surface area contributed by atoms with Crippen LogP contribution in [-0.2, 0) is 26.2 Å². The van der Waals surface area contributed by atoms with E-state index in [1.165, 1.54) is 16.4 Å². The number of nitrogens with one attached hydrogen (secondary N) is 1. The maximum Gasteiger partial charge on any atom is 0.267 e. The highest BCUT2D eigenvalue weighted by Gasteiger charge is 2.37. The molecular formula is C24H24N2O5S. The Labute approximate surface area is 187 Å². The van der Waals surface area contributed by atoms with E-state index in [0.29, 0.717) is 23.7 Å². The SMILES string of the molecule is COCc1cccc(NC(=O)[C@@H]2CN(S(=O)(=O)c3ccccc3)c3ccc(C)cc3O2)c1. The Morgan fingerprint density at radius 2 is 1.88 bits per heavy atom. The number of sulfonamides is 1. The molecule has 0 bridgehead atoms. The maximum absolute atomic E-state index is 13.4. The van der Waals surface area contributed by atoms with Gasteiger partial charge in [-0.15, -0.1) is 0 Å². The summed E-state index contributed by atoms with van der Waals surface area (Å²) in [5, 5.41) is 2.83. The van der Waals surface area contributed by atoms with Crippen LogP contribution >= 0.6 is 0 Å². The zero-order valence-electron chi connectivity index (χ0n) is 17.8. The molecule has 1 aliphatic rings. The highest BCUT2D eigenvalue weighted by atomic mass is 32.2. The van der Waals surface area contributed by atoms with Gasteiger partial charge in [0.25, 0.3) is 15.9 Å². The predicted molar refractivity (Wildman–Crippen MR) is 122 cm³/mol. The van der Waals surface area contributed by atoms with Gasteiger partial charge in [0.15, 0.2) is 6.10 Å². The Kier molecular flexibility index (Phi) is 6.16. The number of fused-ring (bicyclic) bond motifs is 1. The van der Waals surface area contributed by atoms with E-state index in [1.807, 2.05) is 25.1 Å². The topological polar surface area (TPSA) is 84.9 Å². The Morgan fingerprint density at radius 1 is 1.09 bits per heavy atom. The molecule has 3 aromatic carbocycles. The monoisotopic (exact) mass is 452 g/mol. The molecule has 0 aromatic heterocycles. The van der Waals surface area contributed by atoms with Crippen LogP contribution in [0.2, 0.25) is 0 Å². The number of nitrogens with zero attached hydrogens (tertiary/aromatic N) is 1. The molecular weight excluding hydrogens is 428 g/mol. The van der Waals surface area contributed by atoms with E-state index >= 15 is 0 Å². The number of hydrogen-bond donors (Lipinski definition) is 1. The Balaban J connectivity index is 1.65. The highest BCUT2D eigenvalue weighted by Crippen LogP contribution is 2.37. The van der Waals surface area contributed by atoms with Crippen molar-refractivity contribution in [3.8, 4) is 5.75 Å². The molecule has 0 unspecified atom stereocenters. The summed E-state index contributed by atoms with van der Waals surface area (Å²) in [5.74, 6) is -0.0796. The van der Waals surface area contributed by atoms with Gasteiger partial charge < -0.3 is 14.8 Å². The summed E-state index contributed by atoms with van der Waals surface area (Å²) in [6.45, 7) is 2.15. The number of hydrogen-bond acceptors (Lipinski definition) is 5. The molecule has 0 radical (unpaired) electrons. The van der Waals surface area contributed by atoms with Crippen LogP contribution in [0.25, 0.3) is 0 Å². The van der Waals surface area contributed by atoms with Crippen molar-refractivity contribution in [1.29, 1.82) is 0 Å². The van der Waals surface area contributed by atoms with Gasteiger partial charge in [-0.05, 0) is 54.4 Å². The lowest BCUT2D eigenvalue weighted by Gasteiger charge is -2.35. The number of benzene rings is 3. The average molecular weight is 453 g/mol. The number of amides is 1. The summed E-state index contributed by atoms with van der Waals surface area (Å²) in [7, 11) is -2.29. The van der Waals surface area contributed by atoms with Crippen LogP contribution in [0.4, 0.5) is 11.4 Å². The second kappa shape index (κ2) is 9.02. The second-order valence-electron chi connectivity index (χ2n) is 7.55. The number of rotatable bonds is 6. The van der Waals surface area contributed by atoms with Gasteiger partial charge >= 0.3 is 0 Å². The van der Waals surface area contributed by atoms with Crippen molar-refractivity contribution < 1.29 is 22.7 Å². The van der Waals surface area contributed by atoms with Crippen molar-refractivity contribution in [2.75, 3.05) is 23.3 Å². The van der Waals surface area contributed by atoms with Crippen LogP contribution in [0, 0.1) is 6.92 Å². The fourth-order valence-corrected chi connectivity index (χ4v) is 5.07. The third-order valence-corrected chi connectivity index (χ3v) is 6.91. The number of carbonyl (C=O) groups excluding carboxylic acids is 1. The molecule has 1 aliphatic heterocycles. The molecule has 1 atom stereocenters. The summed E-state index contributed by atoms with van der Waals surface area (Å²) < 4.78 is 39.1. The second-order valence-corrected chi connectivity index (χ2v) is 9.41. The zero-order chi connectivity index (χ0) is 22.7. The smallest absolute Gasteiger partial charge is 0.267 e. The van der Waals surface area contributed by atoms with Crippen molar-refractivity contribution in [1.82, 2.24) is 0 Å². The lowest BCUT2D eigenvalue weighted by atomic mass is 10.1. The summed E-state index contributed by atoms with van der Waals surface area (Å²) in [6, 6.07) is 20.7. The first-order valence-electron chi connectivity index (χ1n) is 10.1. The minimum absolute atomic E-state index is 0.142. The molecule has 3 aromatic rings. The Bertz CT molecular complexity index is 1230. The van der Waals surface area contributed by atoms with Crippen LogP contribution in [0.5, 0.6) is 5.75 Å². The lowest BCUT2D eigenvalue weighted by molar-refractivity contribution is -0.122. The zero-order valence-corrected chi connectivity index (χ0v) is 18.6. The predicted octanol–water partition coefficient (Wildman–Crippen LogP) is 3.74. The third kappa shape index (κ3) is 4.46. The Hall–Kier alpha value is -3.36. The fourth-order valence-electron chi connectivity index (χ4n) is 3.57. The van der Waals surface area contributed by atoms with E-state index in [2.05, 4.69) is 5.32 Å². The number of ether oxygens (including phenoxy) is 2. The number of anilines is 2. The molecule has 0 spiro atoms. The summed E-state index contributed by atoms with van der Waals surface area (Å²) in [5.41, 5.74) is 2.80. The molecule has 166 valence electrons. The van der Waals surface area contributed by atoms with Gasteiger partial charge in [0.2, 0.25) is 0 Å². The van der Waals surface area contributed by atoms with Crippen LogP contribution in [0.3, 0.4) is 0 Å². The largest absolute Gasteiger partial charge is 0.476 e. The maximum atomic E-state index is 13.4. The molecule has 1 amide bonds. The first kappa shape index (κ1) is 21.9. The molecule has 0 saturated heterocycles. The first-order valence-corrected chi connectivity index (χ1v) is 11.6. The number of methoxy groups -OCH3 is 1. The van der Waals surface area contributed by atoms with Crippen LogP contribution in [0.1, 0.15) is 11.1 Å². The normalized spacial score (nSPS) is 15.6. The van der Waals surface area contributed by atoms with Crippen molar-refractivity contribution in [2.24, 2.45) is 0 Å². The van der Waals surface area contributed by atoms with Gasteiger partial charge in [-0.25, -0.2) is 8.42 Å². The first-order chi connectivity index (χ1) is 15.4. The van der Waals surface area contributed by atoms with Crippen LogP contribution < -0.4 is 14.4 Å². The van der Waals surface area contributed by atoms with Gasteiger partial charge in [0.1, 0.15) is 5.75 Å². The van der Waals surface area contributed by atoms with E-state index in [9.17, 15) is 13.2 Å². The Morgan fingerprint density at radius 3 is 2.62 bits per heavy atom. The molecule has 8 heteroatoms. The molecule has 1 heterocycles. The van der Waals surface area contributed by atoms with Crippen molar-refractivity contribution in [2.45, 2.75) is 24.5 Å². The van der Waals surface area contributed by atoms with Gasteiger partial charge in [-0.3, -0.25) is 9.10 Å². The van der Waals surface area contributed by atoms with Gasteiger partial charge in [0, 0.05) is 12.8 Å². The molecule has 4 rings (SSSR count). The van der Waals surface area contributed by atoms with Crippen LogP contribution in [0.15, 0.2) is 77.7 Å². The summed E-state index contributed by atoms with van der Waals surface area (Å²) >= 11 is 0. The number of carbonyl (C=O) groups is 1. The highest BCUT2D eigenvalue weighted by molar-refractivity contribution is 7.92. The molecule has 0 aliphatic carbocycles.